The Labute approximate surface area is 139 Å². The molecule has 1 amide bonds. The maximum atomic E-state index is 12.3. The van der Waals surface area contributed by atoms with E-state index >= 15 is 0 Å². The first-order chi connectivity index (χ1) is 11.7. The Morgan fingerprint density at radius 1 is 1.25 bits per heavy atom. The summed E-state index contributed by atoms with van der Waals surface area (Å²) in [5.41, 5.74) is 3.42. The van der Waals surface area contributed by atoms with Crippen molar-refractivity contribution in [1.29, 1.82) is 0 Å². The highest BCUT2D eigenvalue weighted by Gasteiger charge is 2.10. The van der Waals surface area contributed by atoms with Gasteiger partial charge in [0.25, 0.3) is 5.91 Å². The zero-order valence-corrected chi connectivity index (χ0v) is 13.6. The fourth-order valence-corrected chi connectivity index (χ4v) is 2.45. The van der Waals surface area contributed by atoms with E-state index in [0.717, 1.165) is 22.4 Å². The normalized spacial score (nSPS) is 11.1. The molecule has 0 radical (unpaired) electrons. The van der Waals surface area contributed by atoms with E-state index < -0.39 is 0 Å². The number of oxime groups is 1. The minimum Gasteiger partial charge on any atom is -0.399 e. The number of para-hydroxylation sites is 2. The highest BCUT2D eigenvalue weighted by atomic mass is 16.6. The van der Waals surface area contributed by atoms with Gasteiger partial charge in [0.2, 0.25) is 0 Å². The SMILES string of the molecule is CO/N=C/c1ccc(C(=O)NCc2nc3ccccc3n2C)cc1. The molecule has 2 aromatic carbocycles. The lowest BCUT2D eigenvalue weighted by Crippen LogP contribution is -2.24. The van der Waals surface area contributed by atoms with Crippen molar-refractivity contribution in [3.63, 3.8) is 0 Å². The topological polar surface area (TPSA) is 68.5 Å². The molecular weight excluding hydrogens is 304 g/mol. The minimum atomic E-state index is -0.141. The zero-order chi connectivity index (χ0) is 16.9. The lowest BCUT2D eigenvalue weighted by atomic mass is 10.1. The molecule has 0 atom stereocenters. The highest BCUT2D eigenvalue weighted by molar-refractivity contribution is 5.95. The van der Waals surface area contributed by atoms with E-state index in [1.54, 1.807) is 18.3 Å². The van der Waals surface area contributed by atoms with Gasteiger partial charge in [-0.2, -0.15) is 0 Å². The Morgan fingerprint density at radius 3 is 2.71 bits per heavy atom. The molecule has 0 fully saturated rings. The third kappa shape index (κ3) is 3.27. The van der Waals surface area contributed by atoms with Gasteiger partial charge in [-0.05, 0) is 29.8 Å². The van der Waals surface area contributed by atoms with Gasteiger partial charge >= 0.3 is 0 Å². The van der Waals surface area contributed by atoms with E-state index in [9.17, 15) is 4.79 Å². The average molecular weight is 322 g/mol. The largest absolute Gasteiger partial charge is 0.399 e. The van der Waals surface area contributed by atoms with Gasteiger partial charge in [0, 0.05) is 12.6 Å². The summed E-state index contributed by atoms with van der Waals surface area (Å²) in [4.78, 5) is 21.4. The first kappa shape index (κ1) is 15.7. The molecule has 0 saturated heterocycles. The van der Waals surface area contributed by atoms with Gasteiger partial charge in [0.05, 0.1) is 23.8 Å². The van der Waals surface area contributed by atoms with E-state index in [2.05, 4.69) is 20.3 Å². The van der Waals surface area contributed by atoms with E-state index in [1.807, 2.05) is 48.0 Å². The molecule has 6 heteroatoms. The van der Waals surface area contributed by atoms with Crippen LogP contribution in [0.25, 0.3) is 11.0 Å². The Balaban J connectivity index is 1.68. The van der Waals surface area contributed by atoms with Crippen molar-refractivity contribution in [1.82, 2.24) is 14.9 Å². The Bertz CT molecular complexity index is 882. The average Bonchev–Trinajstić information content (AvgIpc) is 2.94. The summed E-state index contributed by atoms with van der Waals surface area (Å²) < 4.78 is 1.99. The number of aromatic nitrogens is 2. The van der Waals surface area contributed by atoms with Crippen LogP contribution in [0, 0.1) is 0 Å². The van der Waals surface area contributed by atoms with E-state index in [-0.39, 0.29) is 5.91 Å². The van der Waals surface area contributed by atoms with Crippen LogP contribution in [-0.2, 0) is 18.4 Å². The quantitative estimate of drug-likeness (QED) is 0.579. The lowest BCUT2D eigenvalue weighted by Gasteiger charge is -2.06. The first-order valence-corrected chi connectivity index (χ1v) is 7.54. The van der Waals surface area contributed by atoms with Gasteiger partial charge < -0.3 is 14.7 Å². The summed E-state index contributed by atoms with van der Waals surface area (Å²) >= 11 is 0. The number of benzene rings is 2. The number of imidazole rings is 1. The summed E-state index contributed by atoms with van der Waals surface area (Å²) in [7, 11) is 3.43. The van der Waals surface area contributed by atoms with Crippen LogP contribution in [0.4, 0.5) is 0 Å². The van der Waals surface area contributed by atoms with Crippen LogP contribution in [0.5, 0.6) is 0 Å². The van der Waals surface area contributed by atoms with Crippen LogP contribution in [0.15, 0.2) is 53.7 Å². The molecule has 1 N–H and O–H groups in total. The van der Waals surface area contributed by atoms with E-state index in [1.165, 1.54) is 7.11 Å². The van der Waals surface area contributed by atoms with E-state index in [0.29, 0.717) is 12.1 Å². The molecule has 3 aromatic rings. The fraction of sp³-hybridized carbons (Fsp3) is 0.167. The Kier molecular flexibility index (Phi) is 4.56. The number of hydrogen-bond donors (Lipinski definition) is 1. The second kappa shape index (κ2) is 6.95. The fourth-order valence-electron chi connectivity index (χ4n) is 2.45. The van der Waals surface area contributed by atoms with Crippen LogP contribution in [0.1, 0.15) is 21.7 Å². The number of aryl methyl sites for hydroxylation is 1. The van der Waals surface area contributed by atoms with E-state index in [4.69, 9.17) is 0 Å². The Morgan fingerprint density at radius 2 is 2.00 bits per heavy atom. The summed E-state index contributed by atoms with van der Waals surface area (Å²) in [6.45, 7) is 0.372. The monoisotopic (exact) mass is 322 g/mol. The van der Waals surface area contributed by atoms with Crippen molar-refractivity contribution in [2.75, 3.05) is 7.11 Å². The van der Waals surface area contributed by atoms with Gasteiger partial charge in [-0.3, -0.25) is 4.79 Å². The van der Waals surface area contributed by atoms with Crippen LogP contribution in [0.2, 0.25) is 0 Å². The molecule has 122 valence electrons. The van der Waals surface area contributed by atoms with Crippen LogP contribution in [0.3, 0.4) is 0 Å². The molecule has 3 rings (SSSR count). The highest BCUT2D eigenvalue weighted by Crippen LogP contribution is 2.14. The third-order valence-electron chi connectivity index (χ3n) is 3.77. The molecule has 0 saturated carbocycles. The number of hydrogen-bond acceptors (Lipinski definition) is 4. The van der Waals surface area contributed by atoms with Gasteiger partial charge in [-0.25, -0.2) is 4.98 Å². The maximum Gasteiger partial charge on any atom is 0.251 e. The summed E-state index contributed by atoms with van der Waals surface area (Å²) in [6, 6.07) is 15.0. The maximum absolute atomic E-state index is 12.3. The predicted octanol–water partition coefficient (Wildman–Crippen LogP) is 2.48. The molecule has 0 aliphatic rings. The molecule has 24 heavy (non-hydrogen) atoms. The second-order valence-electron chi connectivity index (χ2n) is 5.30. The first-order valence-electron chi connectivity index (χ1n) is 7.54. The van der Waals surface area contributed by atoms with Gasteiger partial charge in [0.15, 0.2) is 0 Å². The molecule has 1 aromatic heterocycles. The van der Waals surface area contributed by atoms with Crippen molar-refractivity contribution in [3.8, 4) is 0 Å². The Hall–Kier alpha value is -3.15. The van der Waals surface area contributed by atoms with Crippen molar-refractivity contribution in [2.24, 2.45) is 12.2 Å². The van der Waals surface area contributed by atoms with Gasteiger partial charge in [-0.1, -0.05) is 29.4 Å². The molecule has 0 aliphatic heterocycles. The molecule has 0 bridgehead atoms. The summed E-state index contributed by atoms with van der Waals surface area (Å²) in [6.07, 6.45) is 1.58. The molecule has 6 nitrogen and oxygen atoms in total. The number of carbonyl (C=O) groups excluding carboxylic acids is 1. The number of nitrogens with one attached hydrogen (secondary N) is 1. The smallest absolute Gasteiger partial charge is 0.251 e. The van der Waals surface area contributed by atoms with Crippen LogP contribution in [-0.4, -0.2) is 28.8 Å². The summed E-state index contributed by atoms with van der Waals surface area (Å²) in [5.74, 6) is 0.672. The summed E-state index contributed by atoms with van der Waals surface area (Å²) in [5, 5.41) is 6.59. The van der Waals surface area contributed by atoms with Crippen LogP contribution >= 0.6 is 0 Å². The van der Waals surface area contributed by atoms with Crippen LogP contribution < -0.4 is 5.32 Å². The molecule has 0 aliphatic carbocycles. The van der Waals surface area contributed by atoms with Crippen molar-refractivity contribution in [2.45, 2.75) is 6.54 Å². The number of nitrogens with zero attached hydrogens (tertiary/aromatic N) is 3. The van der Waals surface area contributed by atoms with Crippen molar-refractivity contribution in [3.05, 3.63) is 65.5 Å². The minimum absolute atomic E-state index is 0.141. The van der Waals surface area contributed by atoms with Gasteiger partial charge in [-0.15, -0.1) is 0 Å². The molecule has 1 heterocycles. The van der Waals surface area contributed by atoms with Gasteiger partial charge in [0.1, 0.15) is 12.9 Å². The molecular formula is C18H18N4O2. The standard InChI is InChI=1S/C18H18N4O2/c1-22-16-6-4-3-5-15(16)21-17(22)12-19-18(23)14-9-7-13(8-10-14)11-20-24-2/h3-11H,12H2,1-2H3,(H,19,23)/b20-11+. The third-order valence-corrected chi connectivity index (χ3v) is 3.77. The lowest BCUT2D eigenvalue weighted by molar-refractivity contribution is 0.0949. The number of amides is 1. The second-order valence-corrected chi connectivity index (χ2v) is 5.30. The molecule has 0 unspecified atom stereocenters. The number of fused-ring (bicyclic) bond motifs is 1. The molecule has 0 spiro atoms. The predicted molar refractivity (Wildman–Crippen MR) is 92.9 cm³/mol. The van der Waals surface area contributed by atoms with Crippen molar-refractivity contribution < 1.29 is 9.63 Å². The zero-order valence-electron chi connectivity index (χ0n) is 13.6. The number of rotatable bonds is 5. The number of carbonyl (C=O) groups is 1. The van der Waals surface area contributed by atoms with Crippen molar-refractivity contribution >= 4 is 23.2 Å².